The fraction of sp³-hybridized carbons (Fsp3) is 0.500. The highest BCUT2D eigenvalue weighted by atomic mass is 16.5. The minimum Gasteiger partial charge on any atom is -0.262 e. The first-order valence-corrected chi connectivity index (χ1v) is 8.23. The molecule has 0 spiro atoms. The minimum atomic E-state index is 0.152. The fourth-order valence-electron chi connectivity index (χ4n) is 2.34. The van der Waals surface area contributed by atoms with E-state index in [0.717, 1.165) is 0 Å². The summed E-state index contributed by atoms with van der Waals surface area (Å²) in [6, 6.07) is 8.49. The molecule has 0 amide bonds. The SMILES string of the molecule is CC(C)(C)c1ccc[n+](COC[n+]2cccc(C(C)(C)C)c2)c1. The summed E-state index contributed by atoms with van der Waals surface area (Å²) in [6.07, 6.45) is 8.42. The molecule has 0 bridgehead atoms. The van der Waals surface area contributed by atoms with Crippen LogP contribution in [-0.2, 0) is 29.0 Å². The molecule has 0 aliphatic heterocycles. The van der Waals surface area contributed by atoms with Gasteiger partial charge >= 0.3 is 0 Å². The standard InChI is InChI=1S/C20H30N2O/c1-19(2,3)17-9-7-11-21(13-17)15-23-16-22-12-8-10-18(14-22)20(4,5)6/h7-14H,15-16H2,1-6H3/q+2. The van der Waals surface area contributed by atoms with E-state index < -0.39 is 0 Å². The van der Waals surface area contributed by atoms with Gasteiger partial charge in [-0.25, -0.2) is 0 Å². The Morgan fingerprint density at radius 2 is 1.13 bits per heavy atom. The maximum Gasteiger partial charge on any atom is 0.257 e. The van der Waals surface area contributed by atoms with Gasteiger partial charge in [0.25, 0.3) is 13.5 Å². The van der Waals surface area contributed by atoms with E-state index in [9.17, 15) is 0 Å². The van der Waals surface area contributed by atoms with Crippen LogP contribution in [0.3, 0.4) is 0 Å². The first-order chi connectivity index (χ1) is 10.7. The number of hydrogen-bond acceptors (Lipinski definition) is 1. The van der Waals surface area contributed by atoms with Crippen LogP contribution in [0.5, 0.6) is 0 Å². The van der Waals surface area contributed by atoms with Gasteiger partial charge in [-0.3, -0.25) is 4.74 Å². The van der Waals surface area contributed by atoms with Crippen molar-refractivity contribution in [3.8, 4) is 0 Å². The Morgan fingerprint density at radius 1 is 0.739 bits per heavy atom. The average Bonchev–Trinajstić information content (AvgIpc) is 2.46. The maximum atomic E-state index is 5.87. The van der Waals surface area contributed by atoms with Gasteiger partial charge in [0.05, 0.1) is 0 Å². The molecule has 2 aromatic heterocycles. The summed E-state index contributed by atoms with van der Waals surface area (Å²) in [6.45, 7) is 14.4. The second-order valence-electron chi connectivity index (χ2n) is 8.18. The van der Waals surface area contributed by atoms with E-state index in [-0.39, 0.29) is 10.8 Å². The van der Waals surface area contributed by atoms with Crippen LogP contribution in [0.2, 0.25) is 0 Å². The molecule has 0 N–H and O–H groups in total. The molecule has 0 aromatic carbocycles. The van der Waals surface area contributed by atoms with E-state index in [1.165, 1.54) is 11.1 Å². The summed E-state index contributed by atoms with van der Waals surface area (Å²) < 4.78 is 10.1. The molecular formula is C20H30N2O+2. The number of rotatable bonds is 4. The largest absolute Gasteiger partial charge is 0.262 e. The summed E-state index contributed by atoms with van der Waals surface area (Å²) in [5.74, 6) is 0. The quantitative estimate of drug-likeness (QED) is 0.790. The fourth-order valence-corrected chi connectivity index (χ4v) is 2.34. The first-order valence-electron chi connectivity index (χ1n) is 8.23. The van der Waals surface area contributed by atoms with Gasteiger partial charge in [0.15, 0.2) is 24.8 Å². The van der Waals surface area contributed by atoms with E-state index in [0.29, 0.717) is 13.5 Å². The van der Waals surface area contributed by atoms with Crippen molar-refractivity contribution in [3.63, 3.8) is 0 Å². The molecular weight excluding hydrogens is 284 g/mol. The molecule has 3 heteroatoms. The normalized spacial score (nSPS) is 12.4. The molecule has 2 heterocycles. The minimum absolute atomic E-state index is 0.152. The van der Waals surface area contributed by atoms with Crippen molar-refractivity contribution in [1.29, 1.82) is 0 Å². The van der Waals surface area contributed by atoms with Crippen molar-refractivity contribution in [2.45, 2.75) is 65.8 Å². The topological polar surface area (TPSA) is 17.0 Å². The summed E-state index contributed by atoms with van der Waals surface area (Å²) in [5.41, 5.74) is 2.93. The lowest BCUT2D eigenvalue weighted by atomic mass is 9.88. The predicted molar refractivity (Wildman–Crippen MR) is 91.8 cm³/mol. The molecule has 0 atom stereocenters. The Labute approximate surface area is 140 Å². The lowest BCUT2D eigenvalue weighted by Gasteiger charge is -2.17. The van der Waals surface area contributed by atoms with Crippen molar-refractivity contribution in [3.05, 3.63) is 60.2 Å². The highest BCUT2D eigenvalue weighted by Crippen LogP contribution is 2.20. The number of nitrogens with zero attached hydrogens (tertiary/aromatic N) is 2. The molecule has 0 unspecified atom stereocenters. The van der Waals surface area contributed by atoms with Crippen molar-refractivity contribution >= 4 is 0 Å². The highest BCUT2D eigenvalue weighted by molar-refractivity contribution is 5.16. The van der Waals surface area contributed by atoms with Gasteiger partial charge in [0, 0.05) is 23.3 Å². The van der Waals surface area contributed by atoms with Crippen molar-refractivity contribution < 1.29 is 13.9 Å². The zero-order valence-electron chi connectivity index (χ0n) is 15.3. The van der Waals surface area contributed by atoms with E-state index in [2.05, 4.69) is 87.3 Å². The van der Waals surface area contributed by atoms with E-state index in [1.54, 1.807) is 0 Å². The Hall–Kier alpha value is -1.74. The molecule has 0 saturated carbocycles. The molecule has 0 aliphatic carbocycles. The van der Waals surface area contributed by atoms with Gasteiger partial charge in [-0.1, -0.05) is 41.5 Å². The summed E-state index contributed by atoms with van der Waals surface area (Å²) >= 11 is 0. The van der Waals surface area contributed by atoms with Crippen LogP contribution in [0.4, 0.5) is 0 Å². The molecule has 2 rings (SSSR count). The number of pyridine rings is 2. The molecule has 0 fully saturated rings. The van der Waals surface area contributed by atoms with Crippen molar-refractivity contribution in [2.24, 2.45) is 0 Å². The van der Waals surface area contributed by atoms with Crippen LogP contribution in [0.25, 0.3) is 0 Å². The molecule has 3 nitrogen and oxygen atoms in total. The van der Waals surface area contributed by atoms with E-state index >= 15 is 0 Å². The van der Waals surface area contributed by atoms with Crippen molar-refractivity contribution in [2.75, 3.05) is 0 Å². The zero-order chi connectivity index (χ0) is 17.1. The van der Waals surface area contributed by atoms with Crippen LogP contribution in [-0.4, -0.2) is 0 Å². The number of hydrogen-bond donors (Lipinski definition) is 0. The second kappa shape index (κ2) is 6.79. The van der Waals surface area contributed by atoms with Gasteiger partial charge in [-0.05, 0) is 23.0 Å². The average molecular weight is 314 g/mol. The van der Waals surface area contributed by atoms with Gasteiger partial charge < -0.3 is 0 Å². The molecule has 23 heavy (non-hydrogen) atoms. The summed E-state index contributed by atoms with van der Waals surface area (Å²) in [4.78, 5) is 0. The highest BCUT2D eigenvalue weighted by Gasteiger charge is 2.18. The molecule has 124 valence electrons. The van der Waals surface area contributed by atoms with Crippen LogP contribution < -0.4 is 9.13 Å². The second-order valence-corrected chi connectivity index (χ2v) is 8.18. The number of ether oxygens (including phenoxy) is 1. The lowest BCUT2D eigenvalue weighted by Crippen LogP contribution is -2.41. The zero-order valence-corrected chi connectivity index (χ0v) is 15.3. The van der Waals surface area contributed by atoms with Crippen LogP contribution in [0, 0.1) is 0 Å². The predicted octanol–water partition coefficient (Wildman–Crippen LogP) is 3.49. The maximum absolute atomic E-state index is 5.87. The van der Waals surface area contributed by atoms with Crippen LogP contribution in [0.15, 0.2) is 49.1 Å². The van der Waals surface area contributed by atoms with Gasteiger partial charge in [-0.2, -0.15) is 9.13 Å². The van der Waals surface area contributed by atoms with Gasteiger partial charge in [0.1, 0.15) is 0 Å². The lowest BCUT2D eigenvalue weighted by molar-refractivity contribution is -0.788. The third-order valence-electron chi connectivity index (χ3n) is 3.93. The van der Waals surface area contributed by atoms with Crippen LogP contribution >= 0.6 is 0 Å². The van der Waals surface area contributed by atoms with Crippen LogP contribution in [0.1, 0.15) is 52.7 Å². The summed E-state index contributed by atoms with van der Waals surface area (Å²) in [7, 11) is 0. The van der Waals surface area contributed by atoms with Gasteiger partial charge in [-0.15, -0.1) is 0 Å². The van der Waals surface area contributed by atoms with E-state index in [1.807, 2.05) is 12.4 Å². The summed E-state index contributed by atoms with van der Waals surface area (Å²) in [5, 5.41) is 0. The smallest absolute Gasteiger partial charge is 0.257 e. The van der Waals surface area contributed by atoms with Crippen molar-refractivity contribution in [1.82, 2.24) is 0 Å². The monoisotopic (exact) mass is 314 g/mol. The third kappa shape index (κ3) is 5.14. The van der Waals surface area contributed by atoms with Gasteiger partial charge in [0.2, 0.25) is 0 Å². The molecule has 2 aromatic rings. The van der Waals surface area contributed by atoms with E-state index in [4.69, 9.17) is 4.74 Å². The molecule has 0 radical (unpaired) electrons. The first kappa shape index (κ1) is 17.6. The Balaban J connectivity index is 1.98. The molecule has 0 aliphatic rings. The Kier molecular flexibility index (Phi) is 5.20. The Morgan fingerprint density at radius 3 is 1.48 bits per heavy atom. The number of aromatic nitrogens is 2. The molecule has 0 saturated heterocycles. The third-order valence-corrected chi connectivity index (χ3v) is 3.93. The Bertz CT molecular complexity index is 594.